The summed E-state index contributed by atoms with van der Waals surface area (Å²) in [4.78, 5) is 17.9. The van der Waals surface area contributed by atoms with E-state index >= 15 is 0 Å². The Morgan fingerprint density at radius 1 is 1.43 bits per heavy atom. The number of hydrogen-bond acceptors (Lipinski definition) is 4. The lowest BCUT2D eigenvalue weighted by molar-refractivity contribution is -0.120. The Labute approximate surface area is 131 Å². The SMILES string of the molecule is CCC(CC)(CO)CNC(=O)CN(C)c1ccc(Cl)cn1. The number of halogens is 1. The van der Waals surface area contributed by atoms with Gasteiger partial charge in [0.25, 0.3) is 0 Å². The second-order valence-electron chi connectivity index (χ2n) is 5.33. The summed E-state index contributed by atoms with van der Waals surface area (Å²) < 4.78 is 0. The third-order valence-corrected chi connectivity index (χ3v) is 4.20. The smallest absolute Gasteiger partial charge is 0.239 e. The molecule has 0 aromatic carbocycles. The molecule has 0 spiro atoms. The van der Waals surface area contributed by atoms with Gasteiger partial charge in [-0.3, -0.25) is 4.79 Å². The number of carbonyl (C=O) groups is 1. The molecule has 118 valence electrons. The molecule has 0 fully saturated rings. The molecule has 0 aliphatic rings. The highest BCUT2D eigenvalue weighted by Gasteiger charge is 2.25. The van der Waals surface area contributed by atoms with Gasteiger partial charge in [0.15, 0.2) is 0 Å². The van der Waals surface area contributed by atoms with Crippen molar-refractivity contribution >= 4 is 23.3 Å². The number of aliphatic hydroxyl groups excluding tert-OH is 1. The number of hydrogen-bond donors (Lipinski definition) is 2. The van der Waals surface area contributed by atoms with E-state index in [-0.39, 0.29) is 24.5 Å². The highest BCUT2D eigenvalue weighted by Crippen LogP contribution is 2.24. The van der Waals surface area contributed by atoms with Gasteiger partial charge >= 0.3 is 0 Å². The number of likely N-dealkylation sites (N-methyl/N-ethyl adjacent to an activating group) is 1. The van der Waals surface area contributed by atoms with Crippen LogP contribution in [0.4, 0.5) is 5.82 Å². The van der Waals surface area contributed by atoms with Crippen molar-refractivity contribution in [2.24, 2.45) is 5.41 Å². The largest absolute Gasteiger partial charge is 0.396 e. The summed E-state index contributed by atoms with van der Waals surface area (Å²) in [6.45, 7) is 4.82. The number of aliphatic hydroxyl groups is 1. The Balaban J connectivity index is 2.51. The van der Waals surface area contributed by atoms with Gasteiger partial charge in [0.2, 0.25) is 5.91 Å². The minimum absolute atomic E-state index is 0.0782. The molecule has 0 atom stereocenters. The van der Waals surface area contributed by atoms with Gasteiger partial charge in [-0.2, -0.15) is 0 Å². The van der Waals surface area contributed by atoms with Crippen LogP contribution in [0.1, 0.15) is 26.7 Å². The molecular weight excluding hydrogens is 290 g/mol. The van der Waals surface area contributed by atoms with Crippen molar-refractivity contribution in [3.05, 3.63) is 23.4 Å². The van der Waals surface area contributed by atoms with Crippen LogP contribution in [0.5, 0.6) is 0 Å². The quantitative estimate of drug-likeness (QED) is 0.771. The molecule has 1 aromatic heterocycles. The number of nitrogens with zero attached hydrogens (tertiary/aromatic N) is 2. The lowest BCUT2D eigenvalue weighted by atomic mass is 9.83. The first-order valence-electron chi connectivity index (χ1n) is 7.16. The van der Waals surface area contributed by atoms with Crippen molar-refractivity contribution < 1.29 is 9.90 Å². The fourth-order valence-corrected chi connectivity index (χ4v) is 2.12. The highest BCUT2D eigenvalue weighted by atomic mass is 35.5. The second kappa shape index (κ2) is 8.20. The fraction of sp³-hybridized carbons (Fsp3) is 0.600. The van der Waals surface area contributed by atoms with Crippen LogP contribution in [0, 0.1) is 5.41 Å². The number of rotatable bonds is 8. The normalized spacial score (nSPS) is 11.3. The first-order chi connectivity index (χ1) is 9.96. The molecule has 1 rings (SSSR count). The lowest BCUT2D eigenvalue weighted by Gasteiger charge is -2.30. The van der Waals surface area contributed by atoms with E-state index in [4.69, 9.17) is 11.6 Å². The van der Waals surface area contributed by atoms with Crippen LogP contribution < -0.4 is 10.2 Å². The van der Waals surface area contributed by atoms with E-state index in [1.165, 1.54) is 0 Å². The van der Waals surface area contributed by atoms with Gasteiger partial charge in [0.1, 0.15) is 5.82 Å². The molecule has 1 aromatic rings. The zero-order valence-corrected chi connectivity index (χ0v) is 13.7. The van der Waals surface area contributed by atoms with E-state index in [2.05, 4.69) is 10.3 Å². The minimum Gasteiger partial charge on any atom is -0.396 e. The molecular formula is C15H24ClN3O2. The Kier molecular flexibility index (Phi) is 6.92. The van der Waals surface area contributed by atoms with Crippen LogP contribution in [0.15, 0.2) is 18.3 Å². The van der Waals surface area contributed by atoms with Crippen LogP contribution in [-0.2, 0) is 4.79 Å². The molecule has 0 saturated heterocycles. The number of amides is 1. The summed E-state index contributed by atoms with van der Waals surface area (Å²) in [5, 5.41) is 13.0. The molecule has 2 N–H and O–H groups in total. The molecule has 21 heavy (non-hydrogen) atoms. The van der Waals surface area contributed by atoms with E-state index < -0.39 is 0 Å². The highest BCUT2D eigenvalue weighted by molar-refractivity contribution is 6.30. The summed E-state index contributed by atoms with van der Waals surface area (Å²) in [6, 6.07) is 3.51. The van der Waals surface area contributed by atoms with Crippen LogP contribution in [0.3, 0.4) is 0 Å². The van der Waals surface area contributed by atoms with Gasteiger partial charge < -0.3 is 15.3 Å². The molecule has 0 bridgehead atoms. The minimum atomic E-state index is -0.229. The molecule has 6 heteroatoms. The van der Waals surface area contributed by atoms with Gasteiger partial charge in [0, 0.05) is 25.2 Å². The monoisotopic (exact) mass is 313 g/mol. The van der Waals surface area contributed by atoms with Crippen LogP contribution in [0.25, 0.3) is 0 Å². The molecule has 0 aliphatic heterocycles. The summed E-state index contributed by atoms with van der Waals surface area (Å²) in [7, 11) is 1.80. The van der Waals surface area contributed by atoms with Crippen molar-refractivity contribution in [3.8, 4) is 0 Å². The summed E-state index contributed by atoms with van der Waals surface area (Å²) in [5.41, 5.74) is -0.229. The number of carbonyl (C=O) groups excluding carboxylic acids is 1. The van der Waals surface area contributed by atoms with Crippen molar-refractivity contribution in [1.29, 1.82) is 0 Å². The third kappa shape index (κ3) is 5.17. The maximum Gasteiger partial charge on any atom is 0.239 e. The van der Waals surface area contributed by atoms with E-state index in [0.29, 0.717) is 17.4 Å². The first-order valence-corrected chi connectivity index (χ1v) is 7.54. The summed E-state index contributed by atoms with van der Waals surface area (Å²) in [6.07, 6.45) is 3.21. The molecule has 5 nitrogen and oxygen atoms in total. The van der Waals surface area contributed by atoms with Gasteiger partial charge in [0.05, 0.1) is 18.2 Å². The second-order valence-corrected chi connectivity index (χ2v) is 5.77. The third-order valence-electron chi connectivity index (χ3n) is 3.98. The molecule has 0 unspecified atom stereocenters. The van der Waals surface area contributed by atoms with E-state index in [9.17, 15) is 9.90 Å². The Bertz CT molecular complexity index is 438. The number of pyridine rings is 1. The maximum absolute atomic E-state index is 12.0. The number of anilines is 1. The molecule has 0 radical (unpaired) electrons. The number of nitrogens with one attached hydrogen (secondary N) is 1. The van der Waals surface area contributed by atoms with Gasteiger partial charge in [-0.25, -0.2) is 4.98 Å². The molecule has 0 aliphatic carbocycles. The standard InChI is InChI=1S/C15H24ClN3O2/c1-4-15(5-2,11-20)10-18-14(21)9-19(3)13-7-6-12(16)8-17-13/h6-8,20H,4-5,9-11H2,1-3H3,(H,18,21). The van der Waals surface area contributed by atoms with Crippen molar-refractivity contribution in [2.75, 3.05) is 31.6 Å². The van der Waals surface area contributed by atoms with E-state index in [1.54, 1.807) is 30.3 Å². The number of aromatic nitrogens is 1. The first kappa shape index (κ1) is 17.7. The van der Waals surface area contributed by atoms with Crippen molar-refractivity contribution in [1.82, 2.24) is 10.3 Å². The van der Waals surface area contributed by atoms with Gasteiger partial charge in [-0.15, -0.1) is 0 Å². The van der Waals surface area contributed by atoms with Crippen LogP contribution in [-0.4, -0.2) is 42.7 Å². The van der Waals surface area contributed by atoms with Crippen LogP contribution in [0.2, 0.25) is 5.02 Å². The van der Waals surface area contributed by atoms with Crippen molar-refractivity contribution in [3.63, 3.8) is 0 Å². The predicted octanol–water partition coefficient (Wildman–Crippen LogP) is 2.09. The molecule has 1 heterocycles. The van der Waals surface area contributed by atoms with E-state index in [1.807, 2.05) is 13.8 Å². The zero-order chi connectivity index (χ0) is 15.9. The van der Waals surface area contributed by atoms with Crippen LogP contribution >= 0.6 is 11.6 Å². The zero-order valence-electron chi connectivity index (χ0n) is 12.9. The maximum atomic E-state index is 12.0. The fourth-order valence-electron chi connectivity index (χ4n) is 2.01. The average molecular weight is 314 g/mol. The van der Waals surface area contributed by atoms with Crippen molar-refractivity contribution in [2.45, 2.75) is 26.7 Å². The lowest BCUT2D eigenvalue weighted by Crippen LogP contribution is -2.43. The summed E-state index contributed by atoms with van der Waals surface area (Å²) in [5.74, 6) is 0.600. The topological polar surface area (TPSA) is 65.5 Å². The van der Waals surface area contributed by atoms with E-state index in [0.717, 1.165) is 12.8 Å². The van der Waals surface area contributed by atoms with Gasteiger partial charge in [-0.05, 0) is 25.0 Å². The Hall–Kier alpha value is -1.33. The Morgan fingerprint density at radius 2 is 2.10 bits per heavy atom. The molecule has 0 saturated carbocycles. The molecule has 1 amide bonds. The van der Waals surface area contributed by atoms with Gasteiger partial charge in [-0.1, -0.05) is 25.4 Å². The average Bonchev–Trinajstić information content (AvgIpc) is 2.50. The Morgan fingerprint density at radius 3 is 2.57 bits per heavy atom. The predicted molar refractivity (Wildman–Crippen MR) is 85.6 cm³/mol. The summed E-state index contributed by atoms with van der Waals surface area (Å²) >= 11 is 5.79.